The van der Waals surface area contributed by atoms with Crippen molar-refractivity contribution in [3.63, 3.8) is 0 Å². The van der Waals surface area contributed by atoms with E-state index in [1.165, 1.54) is 0 Å². The number of carbonyl (C=O) groups is 1. The summed E-state index contributed by atoms with van der Waals surface area (Å²) in [5.74, 6) is 0.213. The number of carboxylic acids is 1. The quantitative estimate of drug-likeness (QED) is 0.855. The molecule has 4 nitrogen and oxygen atoms in total. The molecule has 0 fully saturated rings. The van der Waals surface area contributed by atoms with Gasteiger partial charge in [-0.15, -0.1) is 0 Å². The Labute approximate surface area is 101 Å². The molecule has 1 aromatic carbocycles. The van der Waals surface area contributed by atoms with Gasteiger partial charge < -0.3 is 14.6 Å². The summed E-state index contributed by atoms with van der Waals surface area (Å²) in [6.07, 6.45) is 0.461. The molecule has 1 unspecified atom stereocenters. The third-order valence-electron chi connectivity index (χ3n) is 2.78. The summed E-state index contributed by atoms with van der Waals surface area (Å²) in [4.78, 5) is 10.8. The lowest BCUT2D eigenvalue weighted by molar-refractivity contribution is -0.141. The molecule has 0 aliphatic heterocycles. The van der Waals surface area contributed by atoms with E-state index in [0.29, 0.717) is 6.42 Å². The van der Waals surface area contributed by atoms with Crippen LogP contribution >= 0.6 is 0 Å². The van der Waals surface area contributed by atoms with E-state index in [-0.39, 0.29) is 0 Å². The summed E-state index contributed by atoms with van der Waals surface area (Å²) < 4.78 is 10.5. The van der Waals surface area contributed by atoms with Crippen molar-refractivity contribution < 1.29 is 19.4 Å². The minimum Gasteiger partial charge on any atom is -0.496 e. The van der Waals surface area contributed by atoms with Gasteiger partial charge in [0.2, 0.25) is 0 Å². The van der Waals surface area contributed by atoms with Crippen LogP contribution in [0.15, 0.2) is 12.1 Å². The smallest absolute Gasteiger partial charge is 0.306 e. The predicted octanol–water partition coefficient (Wildman–Crippen LogP) is 2.28. The molecule has 1 atom stereocenters. The van der Waals surface area contributed by atoms with Gasteiger partial charge in [0.25, 0.3) is 0 Å². The minimum absolute atomic E-state index is 0.424. The fraction of sp³-hybridized carbons (Fsp3) is 0.462. The van der Waals surface area contributed by atoms with E-state index in [2.05, 4.69) is 0 Å². The van der Waals surface area contributed by atoms with Crippen LogP contribution in [0.4, 0.5) is 0 Å². The Balaban J connectivity index is 3.05. The van der Waals surface area contributed by atoms with E-state index in [4.69, 9.17) is 14.6 Å². The van der Waals surface area contributed by atoms with Gasteiger partial charge in [-0.25, -0.2) is 0 Å². The molecular formula is C13H18O4. The molecule has 1 N–H and O–H groups in total. The molecule has 0 aliphatic carbocycles. The Morgan fingerprint density at radius 3 is 2.12 bits per heavy atom. The number of benzene rings is 1. The monoisotopic (exact) mass is 238 g/mol. The van der Waals surface area contributed by atoms with Gasteiger partial charge in [0.1, 0.15) is 11.5 Å². The molecule has 0 bridgehead atoms. The van der Waals surface area contributed by atoms with Crippen LogP contribution in [0, 0.1) is 12.8 Å². The van der Waals surface area contributed by atoms with Gasteiger partial charge in [0, 0.05) is 5.56 Å². The van der Waals surface area contributed by atoms with E-state index in [0.717, 1.165) is 22.6 Å². The zero-order valence-corrected chi connectivity index (χ0v) is 10.6. The third-order valence-corrected chi connectivity index (χ3v) is 2.78. The van der Waals surface area contributed by atoms with E-state index >= 15 is 0 Å². The number of rotatable bonds is 5. The number of hydrogen-bond donors (Lipinski definition) is 1. The normalized spacial score (nSPS) is 12.0. The molecule has 1 aromatic rings. The molecule has 0 saturated carbocycles. The second-order valence-electron chi connectivity index (χ2n) is 4.07. The van der Waals surface area contributed by atoms with Crippen molar-refractivity contribution >= 4 is 5.97 Å². The van der Waals surface area contributed by atoms with Crippen molar-refractivity contribution in [2.24, 2.45) is 5.92 Å². The largest absolute Gasteiger partial charge is 0.496 e. The first-order valence-electron chi connectivity index (χ1n) is 5.44. The highest BCUT2D eigenvalue weighted by atomic mass is 16.5. The molecule has 4 heteroatoms. The molecular weight excluding hydrogens is 220 g/mol. The summed E-state index contributed by atoms with van der Waals surface area (Å²) in [5.41, 5.74) is 1.82. The average Bonchev–Trinajstić information content (AvgIpc) is 2.30. The first-order valence-corrected chi connectivity index (χ1v) is 5.44. The Hall–Kier alpha value is -1.71. The van der Waals surface area contributed by atoms with Crippen LogP contribution in [-0.4, -0.2) is 25.3 Å². The minimum atomic E-state index is -0.802. The highest BCUT2D eigenvalue weighted by Gasteiger charge is 2.14. The first kappa shape index (κ1) is 13.4. The zero-order valence-electron chi connectivity index (χ0n) is 10.6. The number of methoxy groups -OCH3 is 2. The van der Waals surface area contributed by atoms with Crippen LogP contribution in [0.2, 0.25) is 0 Å². The lowest BCUT2D eigenvalue weighted by Crippen LogP contribution is -2.12. The van der Waals surface area contributed by atoms with Crippen molar-refractivity contribution in [1.29, 1.82) is 0 Å². The maximum absolute atomic E-state index is 10.8. The van der Waals surface area contributed by atoms with Crippen LogP contribution in [0.5, 0.6) is 11.5 Å². The maximum atomic E-state index is 10.8. The van der Waals surface area contributed by atoms with Crippen LogP contribution < -0.4 is 9.47 Å². The molecule has 94 valence electrons. The van der Waals surface area contributed by atoms with E-state index in [1.54, 1.807) is 21.1 Å². The Kier molecular flexibility index (Phi) is 4.37. The Morgan fingerprint density at radius 2 is 1.76 bits per heavy atom. The molecule has 0 aromatic heterocycles. The van der Waals surface area contributed by atoms with Crippen LogP contribution in [0.1, 0.15) is 18.1 Å². The molecule has 17 heavy (non-hydrogen) atoms. The second kappa shape index (κ2) is 5.57. The Bertz CT molecular complexity index is 387. The number of hydrogen-bond acceptors (Lipinski definition) is 3. The van der Waals surface area contributed by atoms with Crippen molar-refractivity contribution in [2.75, 3.05) is 14.2 Å². The fourth-order valence-electron chi connectivity index (χ4n) is 1.70. The summed E-state index contributed by atoms with van der Waals surface area (Å²) in [6, 6.07) is 3.72. The van der Waals surface area contributed by atoms with Gasteiger partial charge in [-0.05, 0) is 31.0 Å². The lowest BCUT2D eigenvalue weighted by Gasteiger charge is -2.13. The maximum Gasteiger partial charge on any atom is 0.306 e. The average molecular weight is 238 g/mol. The summed E-state index contributed by atoms with van der Waals surface area (Å²) in [5, 5.41) is 8.89. The number of ether oxygens (including phenoxy) is 2. The second-order valence-corrected chi connectivity index (χ2v) is 4.07. The Morgan fingerprint density at radius 1 is 1.29 bits per heavy atom. The fourth-order valence-corrected chi connectivity index (χ4v) is 1.70. The summed E-state index contributed by atoms with van der Waals surface area (Å²) in [6.45, 7) is 3.59. The highest BCUT2D eigenvalue weighted by molar-refractivity contribution is 5.70. The van der Waals surface area contributed by atoms with Crippen molar-refractivity contribution in [3.05, 3.63) is 23.3 Å². The van der Waals surface area contributed by atoms with Gasteiger partial charge in [-0.2, -0.15) is 0 Å². The van der Waals surface area contributed by atoms with Crippen molar-refractivity contribution in [3.8, 4) is 11.5 Å². The predicted molar refractivity (Wildman–Crippen MR) is 64.8 cm³/mol. The van der Waals surface area contributed by atoms with Gasteiger partial charge in [0.15, 0.2) is 0 Å². The van der Waals surface area contributed by atoms with Crippen molar-refractivity contribution in [2.45, 2.75) is 20.3 Å². The van der Waals surface area contributed by atoms with Gasteiger partial charge >= 0.3 is 5.97 Å². The number of carboxylic acid groups (broad SMARTS) is 1. The lowest BCUT2D eigenvalue weighted by atomic mass is 9.99. The van der Waals surface area contributed by atoms with Gasteiger partial charge in [-0.3, -0.25) is 4.79 Å². The molecule has 0 spiro atoms. The highest BCUT2D eigenvalue weighted by Crippen LogP contribution is 2.30. The molecule has 0 heterocycles. The van der Waals surface area contributed by atoms with E-state index in [1.807, 2.05) is 19.1 Å². The summed E-state index contributed by atoms with van der Waals surface area (Å²) >= 11 is 0. The van der Waals surface area contributed by atoms with Crippen LogP contribution in [0.3, 0.4) is 0 Å². The third kappa shape index (κ3) is 3.12. The van der Waals surface area contributed by atoms with Crippen LogP contribution in [0.25, 0.3) is 0 Å². The number of aliphatic carboxylic acids is 1. The molecule has 0 saturated heterocycles. The molecule has 0 radical (unpaired) electrons. The van der Waals surface area contributed by atoms with Crippen molar-refractivity contribution in [1.82, 2.24) is 0 Å². The molecule has 0 aliphatic rings. The van der Waals surface area contributed by atoms with Gasteiger partial charge in [0.05, 0.1) is 20.1 Å². The van der Waals surface area contributed by atoms with E-state index in [9.17, 15) is 4.79 Å². The summed E-state index contributed by atoms with van der Waals surface area (Å²) in [7, 11) is 3.18. The molecule has 1 rings (SSSR count). The first-order chi connectivity index (χ1) is 7.99. The van der Waals surface area contributed by atoms with Gasteiger partial charge in [-0.1, -0.05) is 6.92 Å². The zero-order chi connectivity index (χ0) is 13.0. The SMILES string of the molecule is COc1cc(CC(C)C(=O)O)cc(OC)c1C. The van der Waals surface area contributed by atoms with Crippen LogP contribution in [-0.2, 0) is 11.2 Å². The molecule has 0 amide bonds. The topological polar surface area (TPSA) is 55.8 Å². The van der Waals surface area contributed by atoms with E-state index < -0.39 is 11.9 Å². The standard InChI is InChI=1S/C13H18O4/c1-8(13(14)15)5-10-6-11(16-3)9(2)12(7-10)17-4/h6-8H,5H2,1-4H3,(H,14,15).